The first-order valence-electron chi connectivity index (χ1n) is 12.1. The van der Waals surface area contributed by atoms with E-state index >= 15 is 0 Å². The van der Waals surface area contributed by atoms with Gasteiger partial charge in [-0.2, -0.15) is 0 Å². The summed E-state index contributed by atoms with van der Waals surface area (Å²) in [6.45, 7) is 4.82. The SMILES string of the molecule is Cc1ccc(CC(=O)N2CCc3c(nc(C)n(C(c4ccccc4)c4ccccc4)c3=O)C2)cc1. The van der Waals surface area contributed by atoms with Crippen LogP contribution in [0.2, 0.25) is 0 Å². The number of fused-ring (bicyclic) bond motifs is 1. The average Bonchev–Trinajstić information content (AvgIpc) is 2.88. The molecule has 0 N–H and O–H groups in total. The van der Waals surface area contributed by atoms with Crippen LogP contribution < -0.4 is 5.56 Å². The van der Waals surface area contributed by atoms with Crippen molar-refractivity contribution in [2.24, 2.45) is 0 Å². The first-order valence-corrected chi connectivity index (χ1v) is 12.1. The highest BCUT2D eigenvalue weighted by molar-refractivity contribution is 5.79. The van der Waals surface area contributed by atoms with E-state index in [0.29, 0.717) is 43.0 Å². The predicted molar refractivity (Wildman–Crippen MR) is 137 cm³/mol. The Kier molecular flexibility index (Phi) is 6.32. The maximum Gasteiger partial charge on any atom is 0.257 e. The lowest BCUT2D eigenvalue weighted by Crippen LogP contribution is -2.42. The van der Waals surface area contributed by atoms with Gasteiger partial charge in [0.1, 0.15) is 5.82 Å². The minimum Gasteiger partial charge on any atom is -0.336 e. The zero-order valence-electron chi connectivity index (χ0n) is 20.1. The van der Waals surface area contributed by atoms with Crippen LogP contribution in [0.25, 0.3) is 0 Å². The van der Waals surface area contributed by atoms with Gasteiger partial charge in [-0.1, -0.05) is 90.5 Å². The van der Waals surface area contributed by atoms with E-state index in [1.165, 1.54) is 5.56 Å². The van der Waals surface area contributed by atoms with Gasteiger partial charge in [-0.25, -0.2) is 4.98 Å². The summed E-state index contributed by atoms with van der Waals surface area (Å²) >= 11 is 0. The molecule has 0 radical (unpaired) electrons. The number of hydrogen-bond donors (Lipinski definition) is 0. The second kappa shape index (κ2) is 9.71. The number of aromatic nitrogens is 2. The van der Waals surface area contributed by atoms with Gasteiger partial charge in [-0.15, -0.1) is 0 Å². The molecule has 5 heteroatoms. The van der Waals surface area contributed by atoms with E-state index in [1.807, 2.05) is 84.0 Å². The number of nitrogens with zero attached hydrogens (tertiary/aromatic N) is 3. The fraction of sp³-hybridized carbons (Fsp3) is 0.233. The largest absolute Gasteiger partial charge is 0.336 e. The molecule has 0 unspecified atom stereocenters. The van der Waals surface area contributed by atoms with E-state index in [9.17, 15) is 9.59 Å². The number of hydrogen-bond acceptors (Lipinski definition) is 3. The number of benzene rings is 3. The van der Waals surface area contributed by atoms with Crippen LogP contribution in [0.4, 0.5) is 0 Å². The number of carbonyl (C=O) groups excluding carboxylic acids is 1. The molecule has 3 aromatic carbocycles. The molecule has 0 bridgehead atoms. The van der Waals surface area contributed by atoms with E-state index in [1.54, 1.807) is 0 Å². The zero-order valence-corrected chi connectivity index (χ0v) is 20.1. The number of amides is 1. The van der Waals surface area contributed by atoms with Crippen LogP contribution in [-0.4, -0.2) is 26.9 Å². The van der Waals surface area contributed by atoms with Crippen molar-refractivity contribution < 1.29 is 4.79 Å². The summed E-state index contributed by atoms with van der Waals surface area (Å²) in [5.74, 6) is 0.717. The monoisotopic (exact) mass is 463 g/mol. The van der Waals surface area contributed by atoms with Gasteiger partial charge in [0.15, 0.2) is 0 Å². The summed E-state index contributed by atoms with van der Waals surface area (Å²) in [6, 6.07) is 27.9. The summed E-state index contributed by atoms with van der Waals surface area (Å²) in [4.78, 5) is 33.5. The van der Waals surface area contributed by atoms with Crippen molar-refractivity contribution in [3.63, 3.8) is 0 Å². The Morgan fingerprint density at radius 1 is 0.886 bits per heavy atom. The lowest BCUT2D eigenvalue weighted by Gasteiger charge is -2.30. The first-order chi connectivity index (χ1) is 17.0. The van der Waals surface area contributed by atoms with Crippen LogP contribution in [-0.2, 0) is 24.2 Å². The zero-order chi connectivity index (χ0) is 24.4. The van der Waals surface area contributed by atoms with Crippen LogP contribution in [0.3, 0.4) is 0 Å². The molecular formula is C30H29N3O2. The Balaban J connectivity index is 1.48. The summed E-state index contributed by atoms with van der Waals surface area (Å²) < 4.78 is 1.81. The van der Waals surface area contributed by atoms with Crippen LogP contribution in [0.15, 0.2) is 89.7 Å². The van der Waals surface area contributed by atoms with Crippen molar-refractivity contribution in [3.05, 3.63) is 135 Å². The topological polar surface area (TPSA) is 55.2 Å². The summed E-state index contributed by atoms with van der Waals surface area (Å²) in [7, 11) is 0. The molecule has 1 aromatic heterocycles. The maximum atomic E-state index is 13.8. The van der Waals surface area contributed by atoms with E-state index < -0.39 is 0 Å². The molecule has 1 amide bonds. The Hall–Kier alpha value is -3.99. The van der Waals surface area contributed by atoms with Crippen LogP contribution >= 0.6 is 0 Å². The van der Waals surface area contributed by atoms with E-state index in [0.717, 1.165) is 16.7 Å². The molecule has 0 saturated carbocycles. The molecule has 0 atom stereocenters. The highest BCUT2D eigenvalue weighted by Gasteiger charge is 2.28. The third-order valence-corrected chi connectivity index (χ3v) is 6.76. The molecule has 5 nitrogen and oxygen atoms in total. The number of carbonyl (C=O) groups is 1. The van der Waals surface area contributed by atoms with E-state index in [4.69, 9.17) is 4.98 Å². The fourth-order valence-electron chi connectivity index (χ4n) is 4.89. The fourth-order valence-corrected chi connectivity index (χ4v) is 4.89. The van der Waals surface area contributed by atoms with Crippen molar-refractivity contribution in [3.8, 4) is 0 Å². The van der Waals surface area contributed by atoms with Gasteiger partial charge >= 0.3 is 0 Å². The van der Waals surface area contributed by atoms with Crippen LogP contribution in [0.1, 0.15) is 45.4 Å². The van der Waals surface area contributed by atoms with E-state index in [-0.39, 0.29) is 17.5 Å². The molecule has 1 aliphatic heterocycles. The smallest absolute Gasteiger partial charge is 0.257 e. The molecule has 0 saturated heterocycles. The molecule has 2 heterocycles. The highest BCUT2D eigenvalue weighted by Crippen LogP contribution is 2.27. The Bertz CT molecular complexity index is 1350. The van der Waals surface area contributed by atoms with Crippen LogP contribution in [0.5, 0.6) is 0 Å². The summed E-state index contributed by atoms with van der Waals surface area (Å²) in [5, 5.41) is 0. The van der Waals surface area contributed by atoms with Crippen molar-refractivity contribution in [1.29, 1.82) is 0 Å². The van der Waals surface area contributed by atoms with Gasteiger partial charge in [0, 0.05) is 12.1 Å². The Morgan fingerprint density at radius 3 is 2.09 bits per heavy atom. The third kappa shape index (κ3) is 4.67. The molecule has 5 rings (SSSR count). The molecule has 176 valence electrons. The van der Waals surface area contributed by atoms with Crippen molar-refractivity contribution in [2.45, 2.75) is 39.3 Å². The predicted octanol–water partition coefficient (Wildman–Crippen LogP) is 4.63. The summed E-state index contributed by atoms with van der Waals surface area (Å²) in [5.41, 5.74) is 5.66. The first kappa shape index (κ1) is 22.8. The Labute approximate surface area is 205 Å². The third-order valence-electron chi connectivity index (χ3n) is 6.76. The minimum absolute atomic E-state index is 0.0177. The normalized spacial score (nSPS) is 13.1. The standard InChI is InChI=1S/C30H29N3O2/c1-21-13-15-23(16-14-21)19-28(34)32-18-17-26-27(20-32)31-22(2)33(30(26)35)29(24-9-5-3-6-10-24)25-11-7-4-8-12-25/h3-16,29H,17-20H2,1-2H3. The average molecular weight is 464 g/mol. The lowest BCUT2D eigenvalue weighted by atomic mass is 9.97. The van der Waals surface area contributed by atoms with Gasteiger partial charge in [-0.3, -0.25) is 14.2 Å². The molecule has 0 fully saturated rings. The molecule has 4 aromatic rings. The van der Waals surface area contributed by atoms with Gasteiger partial charge in [0.05, 0.1) is 24.7 Å². The van der Waals surface area contributed by atoms with E-state index in [2.05, 4.69) is 24.3 Å². The highest BCUT2D eigenvalue weighted by atomic mass is 16.2. The molecular weight excluding hydrogens is 434 g/mol. The number of aryl methyl sites for hydroxylation is 2. The number of rotatable bonds is 5. The second-order valence-electron chi connectivity index (χ2n) is 9.21. The molecule has 0 aliphatic carbocycles. The molecule has 1 aliphatic rings. The van der Waals surface area contributed by atoms with Gasteiger partial charge in [0.2, 0.25) is 5.91 Å². The molecule has 35 heavy (non-hydrogen) atoms. The van der Waals surface area contributed by atoms with Gasteiger partial charge < -0.3 is 4.90 Å². The van der Waals surface area contributed by atoms with Crippen molar-refractivity contribution in [2.75, 3.05) is 6.54 Å². The Morgan fingerprint density at radius 2 is 1.49 bits per heavy atom. The lowest BCUT2D eigenvalue weighted by molar-refractivity contribution is -0.131. The second-order valence-corrected chi connectivity index (χ2v) is 9.21. The van der Waals surface area contributed by atoms with Crippen LogP contribution in [0, 0.1) is 13.8 Å². The van der Waals surface area contributed by atoms with Gasteiger partial charge in [0.25, 0.3) is 5.56 Å². The maximum absolute atomic E-state index is 13.8. The quantitative estimate of drug-likeness (QED) is 0.434. The minimum atomic E-state index is -0.260. The summed E-state index contributed by atoms with van der Waals surface area (Å²) in [6.07, 6.45) is 0.868. The molecule has 0 spiro atoms. The van der Waals surface area contributed by atoms with Crippen molar-refractivity contribution in [1.82, 2.24) is 14.5 Å². The van der Waals surface area contributed by atoms with Crippen molar-refractivity contribution >= 4 is 5.91 Å². The van der Waals surface area contributed by atoms with Gasteiger partial charge in [-0.05, 0) is 37.0 Å².